The number of nitrogens with two attached hydrogens (primary N) is 1. The molecule has 0 bridgehead atoms. The van der Waals surface area contributed by atoms with Crippen LogP contribution in [0.4, 0.5) is 0 Å². The molecule has 1 aliphatic rings. The van der Waals surface area contributed by atoms with Crippen LogP contribution >= 0.6 is 0 Å². The summed E-state index contributed by atoms with van der Waals surface area (Å²) in [7, 11) is 0. The fourth-order valence-electron chi connectivity index (χ4n) is 1.79. The SMILES string of the molecule is CC(C)(C)C1=C[C@@](C)(N)CCC1. The first-order valence-electron chi connectivity index (χ1n) is 4.82. The summed E-state index contributed by atoms with van der Waals surface area (Å²) in [4.78, 5) is 0. The van der Waals surface area contributed by atoms with Gasteiger partial charge in [-0.05, 0) is 31.6 Å². The van der Waals surface area contributed by atoms with Gasteiger partial charge in [0.25, 0.3) is 0 Å². The van der Waals surface area contributed by atoms with Crippen molar-refractivity contribution in [2.75, 3.05) is 0 Å². The molecule has 0 spiro atoms. The molecule has 1 nitrogen and oxygen atoms in total. The maximum absolute atomic E-state index is 6.09. The van der Waals surface area contributed by atoms with Crippen molar-refractivity contribution < 1.29 is 0 Å². The molecule has 0 fully saturated rings. The van der Waals surface area contributed by atoms with Crippen molar-refractivity contribution in [2.45, 2.75) is 52.5 Å². The predicted molar refractivity (Wildman–Crippen MR) is 54.0 cm³/mol. The zero-order chi connectivity index (χ0) is 9.41. The fraction of sp³-hybridized carbons (Fsp3) is 0.818. The van der Waals surface area contributed by atoms with Crippen molar-refractivity contribution in [3.8, 4) is 0 Å². The van der Waals surface area contributed by atoms with Crippen LogP contribution < -0.4 is 5.73 Å². The lowest BCUT2D eigenvalue weighted by atomic mass is 9.75. The highest BCUT2D eigenvalue weighted by Gasteiger charge is 2.26. The molecule has 0 amide bonds. The highest BCUT2D eigenvalue weighted by atomic mass is 14.7. The summed E-state index contributed by atoms with van der Waals surface area (Å²) < 4.78 is 0. The van der Waals surface area contributed by atoms with Crippen LogP contribution in [0.25, 0.3) is 0 Å². The number of hydrogen-bond acceptors (Lipinski definition) is 1. The van der Waals surface area contributed by atoms with E-state index in [4.69, 9.17) is 5.73 Å². The van der Waals surface area contributed by atoms with Gasteiger partial charge in [0, 0.05) is 5.54 Å². The van der Waals surface area contributed by atoms with E-state index in [1.807, 2.05) is 0 Å². The first-order chi connectivity index (χ1) is 5.31. The molecule has 0 heterocycles. The molecule has 0 aliphatic heterocycles. The largest absolute Gasteiger partial charge is 0.322 e. The Hall–Kier alpha value is -0.300. The van der Waals surface area contributed by atoms with Crippen molar-refractivity contribution in [3.63, 3.8) is 0 Å². The van der Waals surface area contributed by atoms with Crippen molar-refractivity contribution in [1.82, 2.24) is 0 Å². The van der Waals surface area contributed by atoms with Crippen molar-refractivity contribution >= 4 is 0 Å². The fourth-order valence-corrected chi connectivity index (χ4v) is 1.79. The van der Waals surface area contributed by atoms with Crippen LogP contribution in [-0.4, -0.2) is 5.54 Å². The van der Waals surface area contributed by atoms with Gasteiger partial charge in [0.1, 0.15) is 0 Å². The molecular weight excluding hydrogens is 146 g/mol. The first kappa shape index (κ1) is 9.79. The minimum absolute atomic E-state index is 0.0547. The van der Waals surface area contributed by atoms with E-state index in [1.54, 1.807) is 0 Å². The summed E-state index contributed by atoms with van der Waals surface area (Å²) in [6.45, 7) is 8.92. The number of allylic oxidation sites excluding steroid dienone is 1. The molecule has 0 radical (unpaired) electrons. The van der Waals surface area contributed by atoms with E-state index >= 15 is 0 Å². The Balaban J connectivity index is 2.85. The maximum atomic E-state index is 6.09. The lowest BCUT2D eigenvalue weighted by Crippen LogP contribution is -2.37. The predicted octanol–water partition coefficient (Wildman–Crippen LogP) is 2.86. The third kappa shape index (κ3) is 2.34. The van der Waals surface area contributed by atoms with Gasteiger partial charge in [0.15, 0.2) is 0 Å². The van der Waals surface area contributed by atoms with Gasteiger partial charge in [-0.3, -0.25) is 0 Å². The molecule has 0 aromatic heterocycles. The molecule has 2 N–H and O–H groups in total. The second-order valence-corrected chi connectivity index (χ2v) is 5.28. The Bertz CT molecular complexity index is 194. The Morgan fingerprint density at radius 3 is 2.33 bits per heavy atom. The molecule has 0 saturated carbocycles. The minimum Gasteiger partial charge on any atom is -0.322 e. The van der Waals surface area contributed by atoms with E-state index in [-0.39, 0.29) is 5.54 Å². The number of rotatable bonds is 0. The van der Waals surface area contributed by atoms with Gasteiger partial charge in [-0.25, -0.2) is 0 Å². The molecule has 12 heavy (non-hydrogen) atoms. The van der Waals surface area contributed by atoms with Crippen LogP contribution in [0, 0.1) is 5.41 Å². The van der Waals surface area contributed by atoms with Gasteiger partial charge < -0.3 is 5.73 Å². The molecule has 1 heteroatoms. The highest BCUT2D eigenvalue weighted by molar-refractivity contribution is 5.20. The summed E-state index contributed by atoms with van der Waals surface area (Å²) in [5.74, 6) is 0. The van der Waals surface area contributed by atoms with Crippen LogP contribution in [0.15, 0.2) is 11.6 Å². The van der Waals surface area contributed by atoms with E-state index < -0.39 is 0 Å². The maximum Gasteiger partial charge on any atom is 0.0313 e. The average Bonchev–Trinajstić information content (AvgIpc) is 1.83. The Kier molecular flexibility index (Phi) is 2.35. The monoisotopic (exact) mass is 167 g/mol. The van der Waals surface area contributed by atoms with Crippen LogP contribution in [-0.2, 0) is 0 Å². The van der Waals surface area contributed by atoms with Crippen molar-refractivity contribution in [1.29, 1.82) is 0 Å². The lowest BCUT2D eigenvalue weighted by Gasteiger charge is -2.33. The van der Waals surface area contributed by atoms with Crippen molar-refractivity contribution in [2.24, 2.45) is 11.1 Å². The van der Waals surface area contributed by atoms with Gasteiger partial charge >= 0.3 is 0 Å². The average molecular weight is 167 g/mol. The van der Waals surface area contributed by atoms with E-state index in [9.17, 15) is 0 Å². The second kappa shape index (κ2) is 2.88. The Morgan fingerprint density at radius 1 is 1.42 bits per heavy atom. The van der Waals surface area contributed by atoms with E-state index in [0.717, 1.165) is 6.42 Å². The Labute approximate surface area is 76.0 Å². The standard InChI is InChI=1S/C11H21N/c1-10(2,3)9-6-5-7-11(4,12)8-9/h8H,5-7,12H2,1-4H3/t11-/m0/s1. The van der Waals surface area contributed by atoms with Gasteiger partial charge in [0.05, 0.1) is 0 Å². The zero-order valence-corrected chi connectivity index (χ0v) is 8.78. The van der Waals surface area contributed by atoms with Crippen LogP contribution in [0.3, 0.4) is 0 Å². The van der Waals surface area contributed by atoms with Crippen molar-refractivity contribution in [3.05, 3.63) is 11.6 Å². The van der Waals surface area contributed by atoms with E-state index in [1.165, 1.54) is 18.4 Å². The van der Waals surface area contributed by atoms with Crippen LogP contribution in [0.5, 0.6) is 0 Å². The summed E-state index contributed by atoms with van der Waals surface area (Å²) >= 11 is 0. The molecule has 0 unspecified atom stereocenters. The molecule has 1 rings (SSSR count). The smallest absolute Gasteiger partial charge is 0.0313 e. The van der Waals surface area contributed by atoms with Gasteiger partial charge in [0.2, 0.25) is 0 Å². The molecule has 1 aliphatic carbocycles. The first-order valence-corrected chi connectivity index (χ1v) is 4.82. The second-order valence-electron chi connectivity index (χ2n) is 5.28. The third-order valence-electron chi connectivity index (χ3n) is 2.63. The Morgan fingerprint density at radius 2 is 2.00 bits per heavy atom. The molecule has 0 saturated heterocycles. The lowest BCUT2D eigenvalue weighted by molar-refractivity contribution is 0.408. The van der Waals surface area contributed by atoms with Gasteiger partial charge in [-0.2, -0.15) is 0 Å². The quantitative estimate of drug-likeness (QED) is 0.552. The molecule has 0 aromatic rings. The summed E-state index contributed by atoms with van der Waals surface area (Å²) in [6.07, 6.45) is 5.88. The highest BCUT2D eigenvalue weighted by Crippen LogP contribution is 2.35. The topological polar surface area (TPSA) is 26.0 Å². The van der Waals surface area contributed by atoms with Gasteiger partial charge in [-0.1, -0.05) is 32.4 Å². The summed E-state index contributed by atoms with van der Waals surface area (Å²) in [5.41, 5.74) is 7.87. The minimum atomic E-state index is -0.0547. The van der Waals surface area contributed by atoms with Crippen LogP contribution in [0.1, 0.15) is 47.0 Å². The molecule has 70 valence electrons. The van der Waals surface area contributed by atoms with Crippen LogP contribution in [0.2, 0.25) is 0 Å². The van der Waals surface area contributed by atoms with Gasteiger partial charge in [-0.15, -0.1) is 0 Å². The molecular formula is C11H21N. The zero-order valence-electron chi connectivity index (χ0n) is 8.78. The van der Waals surface area contributed by atoms with E-state index in [0.29, 0.717) is 5.41 Å². The third-order valence-corrected chi connectivity index (χ3v) is 2.63. The summed E-state index contributed by atoms with van der Waals surface area (Å²) in [5, 5.41) is 0. The normalized spacial score (nSPS) is 31.6. The van der Waals surface area contributed by atoms with E-state index in [2.05, 4.69) is 33.8 Å². The summed E-state index contributed by atoms with van der Waals surface area (Å²) in [6, 6.07) is 0. The molecule has 0 aromatic carbocycles. The number of hydrogen-bond donors (Lipinski definition) is 1. The molecule has 1 atom stereocenters.